The summed E-state index contributed by atoms with van der Waals surface area (Å²) in [6, 6.07) is 3.31. The Balaban J connectivity index is 3.23. The van der Waals surface area contributed by atoms with Crippen molar-refractivity contribution in [3.05, 3.63) is 28.3 Å². The van der Waals surface area contributed by atoms with Crippen molar-refractivity contribution in [3.8, 4) is 0 Å². The van der Waals surface area contributed by atoms with Crippen LogP contribution in [0.3, 0.4) is 0 Å². The van der Waals surface area contributed by atoms with Crippen LogP contribution in [0, 0.1) is 6.92 Å². The van der Waals surface area contributed by atoms with Gasteiger partial charge in [0.2, 0.25) is 0 Å². The Labute approximate surface area is 90.2 Å². The van der Waals surface area contributed by atoms with Gasteiger partial charge in [-0.25, -0.2) is 0 Å². The van der Waals surface area contributed by atoms with Crippen molar-refractivity contribution in [1.29, 1.82) is 0 Å². The Kier molecular flexibility index (Phi) is 3.33. The minimum Gasteiger partial charge on any atom is -0.398 e. The molecule has 1 aromatic rings. The highest BCUT2D eigenvalue weighted by atomic mass is 79.9. The third-order valence-electron chi connectivity index (χ3n) is 1.77. The Hall–Kier alpha value is -0.540. The van der Waals surface area contributed by atoms with Gasteiger partial charge < -0.3 is 5.73 Å². The third-order valence-corrected chi connectivity index (χ3v) is 2.60. The number of rotatable bonds is 2. The summed E-state index contributed by atoms with van der Waals surface area (Å²) in [5.74, 6) is 0.0147. The molecule has 0 bridgehead atoms. The molecule has 1 rings (SSSR count). The summed E-state index contributed by atoms with van der Waals surface area (Å²) in [6.45, 7) is 1.83. The van der Waals surface area contributed by atoms with E-state index in [-0.39, 0.29) is 5.78 Å². The molecule has 0 aliphatic carbocycles. The number of carbonyl (C=O) groups excluding carboxylic acids is 1. The van der Waals surface area contributed by atoms with Gasteiger partial charge in [0.15, 0.2) is 5.78 Å². The molecule has 13 heavy (non-hydrogen) atoms. The maximum Gasteiger partial charge on any atom is 0.173 e. The summed E-state index contributed by atoms with van der Waals surface area (Å²) in [6.07, 6.45) is 0. The Morgan fingerprint density at radius 2 is 2.23 bits per heavy atom. The van der Waals surface area contributed by atoms with Crippen molar-refractivity contribution >= 4 is 39.0 Å². The SMILES string of the molecule is Cc1cc(Cl)c(N)cc1C(=O)CBr. The van der Waals surface area contributed by atoms with Crippen LogP contribution in [0.25, 0.3) is 0 Å². The number of alkyl halides is 1. The van der Waals surface area contributed by atoms with Crippen molar-refractivity contribution in [3.63, 3.8) is 0 Å². The first-order valence-corrected chi connectivity index (χ1v) is 5.21. The molecule has 0 aromatic heterocycles. The largest absolute Gasteiger partial charge is 0.398 e. The van der Waals surface area contributed by atoms with E-state index in [9.17, 15) is 4.79 Å². The molecular formula is C9H9BrClNO. The van der Waals surface area contributed by atoms with E-state index in [1.807, 2.05) is 6.92 Å². The lowest BCUT2D eigenvalue weighted by atomic mass is 10.1. The molecular weight excluding hydrogens is 253 g/mol. The maximum absolute atomic E-state index is 11.4. The van der Waals surface area contributed by atoms with Crippen molar-refractivity contribution in [2.75, 3.05) is 11.1 Å². The van der Waals surface area contributed by atoms with Gasteiger partial charge in [0.05, 0.1) is 16.0 Å². The molecule has 0 radical (unpaired) electrons. The lowest BCUT2D eigenvalue weighted by molar-refractivity contribution is 0.102. The molecule has 0 aliphatic rings. The number of hydrogen-bond donors (Lipinski definition) is 1. The van der Waals surface area contributed by atoms with Gasteiger partial charge in [-0.3, -0.25) is 4.79 Å². The first-order chi connectivity index (χ1) is 6.06. The first kappa shape index (κ1) is 10.5. The molecule has 2 nitrogen and oxygen atoms in total. The fourth-order valence-electron chi connectivity index (χ4n) is 1.06. The predicted octanol–water partition coefficient (Wildman–Crippen LogP) is 2.81. The zero-order valence-electron chi connectivity index (χ0n) is 7.10. The second kappa shape index (κ2) is 4.11. The molecule has 70 valence electrons. The molecule has 4 heteroatoms. The highest BCUT2D eigenvalue weighted by Gasteiger charge is 2.09. The van der Waals surface area contributed by atoms with E-state index in [2.05, 4.69) is 15.9 Å². The molecule has 1 aromatic carbocycles. The summed E-state index contributed by atoms with van der Waals surface area (Å²) in [5.41, 5.74) is 7.50. The van der Waals surface area contributed by atoms with E-state index in [1.54, 1.807) is 12.1 Å². The second-order valence-corrected chi connectivity index (χ2v) is 3.71. The number of halogens is 2. The third kappa shape index (κ3) is 2.23. The van der Waals surface area contributed by atoms with Crippen LogP contribution < -0.4 is 5.73 Å². The highest BCUT2D eigenvalue weighted by Crippen LogP contribution is 2.23. The summed E-state index contributed by atoms with van der Waals surface area (Å²) in [5, 5.41) is 0.790. The van der Waals surface area contributed by atoms with Crippen molar-refractivity contribution in [2.24, 2.45) is 0 Å². The maximum atomic E-state index is 11.4. The topological polar surface area (TPSA) is 43.1 Å². The van der Waals surface area contributed by atoms with Crippen LogP contribution in [-0.2, 0) is 0 Å². The molecule has 0 unspecified atom stereocenters. The lowest BCUT2D eigenvalue weighted by Crippen LogP contribution is -2.04. The normalized spacial score (nSPS) is 10.1. The van der Waals surface area contributed by atoms with Gasteiger partial charge in [0.1, 0.15) is 0 Å². The fraction of sp³-hybridized carbons (Fsp3) is 0.222. The molecule has 0 fully saturated rings. The summed E-state index contributed by atoms with van der Waals surface area (Å²) in [7, 11) is 0. The van der Waals surface area contributed by atoms with Crippen LogP contribution in [0.15, 0.2) is 12.1 Å². The first-order valence-electron chi connectivity index (χ1n) is 3.71. The molecule has 0 saturated carbocycles. The van der Waals surface area contributed by atoms with Crippen molar-refractivity contribution in [2.45, 2.75) is 6.92 Å². The van der Waals surface area contributed by atoms with Gasteiger partial charge in [0, 0.05) is 5.56 Å². The monoisotopic (exact) mass is 261 g/mol. The average molecular weight is 263 g/mol. The van der Waals surface area contributed by atoms with Gasteiger partial charge in [-0.15, -0.1) is 0 Å². The van der Waals surface area contributed by atoms with E-state index in [1.165, 1.54) is 0 Å². The van der Waals surface area contributed by atoms with Crippen LogP contribution >= 0.6 is 27.5 Å². The fourth-order valence-corrected chi connectivity index (χ4v) is 1.58. The Morgan fingerprint density at radius 3 is 2.77 bits per heavy atom. The van der Waals surface area contributed by atoms with Gasteiger partial charge in [-0.05, 0) is 24.6 Å². The molecule has 2 N–H and O–H groups in total. The highest BCUT2D eigenvalue weighted by molar-refractivity contribution is 9.09. The van der Waals surface area contributed by atoms with Gasteiger partial charge in [-0.1, -0.05) is 27.5 Å². The molecule has 0 amide bonds. The van der Waals surface area contributed by atoms with Crippen LogP contribution in [0.1, 0.15) is 15.9 Å². The number of benzene rings is 1. The number of Topliss-reactive ketones (excluding diaryl/α,β-unsaturated/α-hetero) is 1. The molecule has 0 saturated heterocycles. The summed E-state index contributed by atoms with van der Waals surface area (Å²) >= 11 is 8.89. The Bertz CT molecular complexity index is 352. The number of aryl methyl sites for hydroxylation is 1. The van der Waals surface area contributed by atoms with Crippen LogP contribution in [-0.4, -0.2) is 11.1 Å². The number of nitrogens with two attached hydrogens (primary N) is 1. The standard InChI is InChI=1S/C9H9BrClNO/c1-5-2-7(11)8(12)3-6(5)9(13)4-10/h2-3H,4,12H2,1H3. The van der Waals surface area contributed by atoms with Crippen LogP contribution in [0.2, 0.25) is 5.02 Å². The number of ketones is 1. The zero-order chi connectivity index (χ0) is 10.0. The molecule has 0 aliphatic heterocycles. The summed E-state index contributed by atoms with van der Waals surface area (Å²) < 4.78 is 0. The van der Waals surface area contributed by atoms with E-state index in [0.29, 0.717) is 21.6 Å². The number of hydrogen-bond acceptors (Lipinski definition) is 2. The molecule has 0 spiro atoms. The van der Waals surface area contributed by atoms with Gasteiger partial charge in [-0.2, -0.15) is 0 Å². The van der Waals surface area contributed by atoms with E-state index in [4.69, 9.17) is 17.3 Å². The average Bonchev–Trinajstić information content (AvgIpc) is 2.10. The van der Waals surface area contributed by atoms with E-state index in [0.717, 1.165) is 5.56 Å². The molecule has 0 atom stereocenters. The van der Waals surface area contributed by atoms with Gasteiger partial charge in [0.25, 0.3) is 0 Å². The predicted molar refractivity (Wildman–Crippen MR) is 58.7 cm³/mol. The minimum atomic E-state index is 0.0147. The Morgan fingerprint density at radius 1 is 1.62 bits per heavy atom. The number of anilines is 1. The second-order valence-electron chi connectivity index (χ2n) is 2.75. The van der Waals surface area contributed by atoms with Crippen molar-refractivity contribution in [1.82, 2.24) is 0 Å². The van der Waals surface area contributed by atoms with E-state index < -0.39 is 0 Å². The number of carbonyl (C=O) groups is 1. The lowest BCUT2D eigenvalue weighted by Gasteiger charge is -2.05. The van der Waals surface area contributed by atoms with Gasteiger partial charge >= 0.3 is 0 Å². The smallest absolute Gasteiger partial charge is 0.173 e. The summed E-state index contributed by atoms with van der Waals surface area (Å²) in [4.78, 5) is 11.4. The molecule has 0 heterocycles. The quantitative estimate of drug-likeness (QED) is 0.506. The minimum absolute atomic E-state index is 0.0147. The zero-order valence-corrected chi connectivity index (χ0v) is 9.45. The van der Waals surface area contributed by atoms with Crippen molar-refractivity contribution < 1.29 is 4.79 Å². The van der Waals surface area contributed by atoms with E-state index >= 15 is 0 Å². The van der Waals surface area contributed by atoms with Crippen LogP contribution in [0.4, 0.5) is 5.69 Å². The number of nitrogen functional groups attached to an aromatic ring is 1. The van der Waals surface area contributed by atoms with Crippen LogP contribution in [0.5, 0.6) is 0 Å².